The van der Waals surface area contributed by atoms with Crippen LogP contribution in [-0.4, -0.2) is 38.0 Å². The highest BCUT2D eigenvalue weighted by Gasteiger charge is 2.09. The van der Waals surface area contributed by atoms with Crippen LogP contribution in [0.3, 0.4) is 0 Å². The standard InChI is InChI=1S/C20H28N4OS/c1-15(13-18-10-9-16(2)26-18)24-20(21-3)23-14-19(25)22-12-11-17-7-5-4-6-8-17/h4-10,15H,11-14H2,1-3H3,(H,22,25)(H2,21,23,24). The van der Waals surface area contributed by atoms with E-state index < -0.39 is 0 Å². The molecule has 1 aromatic carbocycles. The minimum absolute atomic E-state index is 0.0367. The van der Waals surface area contributed by atoms with Crippen LogP contribution in [0.2, 0.25) is 0 Å². The molecule has 2 aromatic rings. The molecule has 5 nitrogen and oxygen atoms in total. The predicted octanol–water partition coefficient (Wildman–Crippen LogP) is 2.51. The van der Waals surface area contributed by atoms with E-state index in [0.717, 1.165) is 12.8 Å². The van der Waals surface area contributed by atoms with E-state index in [1.807, 2.05) is 29.5 Å². The number of thiophene rings is 1. The van der Waals surface area contributed by atoms with Gasteiger partial charge in [0.1, 0.15) is 0 Å². The van der Waals surface area contributed by atoms with E-state index in [-0.39, 0.29) is 18.5 Å². The quantitative estimate of drug-likeness (QED) is 0.493. The molecule has 140 valence electrons. The molecule has 0 aliphatic carbocycles. The van der Waals surface area contributed by atoms with Crippen molar-refractivity contribution < 1.29 is 4.79 Å². The summed E-state index contributed by atoms with van der Waals surface area (Å²) in [5.74, 6) is 0.606. The normalized spacial score (nSPS) is 12.5. The van der Waals surface area contributed by atoms with Crippen LogP contribution in [0, 0.1) is 6.92 Å². The van der Waals surface area contributed by atoms with E-state index >= 15 is 0 Å². The van der Waals surface area contributed by atoms with Crippen LogP contribution < -0.4 is 16.0 Å². The van der Waals surface area contributed by atoms with Gasteiger partial charge in [-0.3, -0.25) is 9.79 Å². The monoisotopic (exact) mass is 372 g/mol. The second kappa shape index (κ2) is 10.6. The molecular formula is C20H28N4OS. The Morgan fingerprint density at radius 1 is 1.15 bits per heavy atom. The Kier molecular flexibility index (Phi) is 8.15. The van der Waals surface area contributed by atoms with Crippen LogP contribution in [0.15, 0.2) is 47.5 Å². The molecule has 26 heavy (non-hydrogen) atoms. The van der Waals surface area contributed by atoms with Gasteiger partial charge in [-0.2, -0.15) is 0 Å². The predicted molar refractivity (Wildman–Crippen MR) is 110 cm³/mol. The Hall–Kier alpha value is -2.34. The van der Waals surface area contributed by atoms with E-state index in [1.165, 1.54) is 15.3 Å². The Morgan fingerprint density at radius 2 is 1.92 bits per heavy atom. The molecule has 1 atom stereocenters. The summed E-state index contributed by atoms with van der Waals surface area (Å²) in [6, 6.07) is 14.7. The SMILES string of the molecule is CN=C(NCC(=O)NCCc1ccccc1)NC(C)Cc1ccc(C)s1. The number of carbonyl (C=O) groups excluding carboxylic acids is 1. The maximum atomic E-state index is 12.0. The second-order valence-corrected chi connectivity index (χ2v) is 7.65. The van der Waals surface area contributed by atoms with E-state index in [1.54, 1.807) is 7.05 Å². The molecule has 0 spiro atoms. The number of nitrogens with zero attached hydrogens (tertiary/aromatic N) is 1. The third kappa shape index (κ3) is 7.27. The number of nitrogens with one attached hydrogen (secondary N) is 3. The highest BCUT2D eigenvalue weighted by Crippen LogP contribution is 2.16. The maximum Gasteiger partial charge on any atom is 0.239 e. The molecule has 1 aromatic heterocycles. The zero-order valence-electron chi connectivity index (χ0n) is 15.7. The second-order valence-electron chi connectivity index (χ2n) is 6.27. The highest BCUT2D eigenvalue weighted by molar-refractivity contribution is 7.11. The summed E-state index contributed by atoms with van der Waals surface area (Å²) in [6.07, 6.45) is 1.76. The van der Waals surface area contributed by atoms with Crippen LogP contribution in [0.4, 0.5) is 0 Å². The highest BCUT2D eigenvalue weighted by atomic mass is 32.1. The molecule has 3 N–H and O–H groups in total. The van der Waals surface area contributed by atoms with Gasteiger partial charge in [-0.15, -0.1) is 11.3 Å². The number of guanidine groups is 1. The van der Waals surface area contributed by atoms with Crippen molar-refractivity contribution in [3.05, 3.63) is 57.8 Å². The fourth-order valence-corrected chi connectivity index (χ4v) is 3.61. The number of benzene rings is 1. The Bertz CT molecular complexity index is 712. The molecule has 0 radical (unpaired) electrons. The van der Waals surface area contributed by atoms with Crippen LogP contribution in [0.5, 0.6) is 0 Å². The molecule has 0 aliphatic heterocycles. The van der Waals surface area contributed by atoms with Crippen molar-refractivity contribution in [1.29, 1.82) is 0 Å². The molecule has 0 bridgehead atoms. The van der Waals surface area contributed by atoms with E-state index in [0.29, 0.717) is 12.5 Å². The maximum absolute atomic E-state index is 12.0. The number of hydrogen-bond acceptors (Lipinski definition) is 3. The third-order valence-electron chi connectivity index (χ3n) is 3.91. The van der Waals surface area contributed by atoms with Crippen LogP contribution >= 0.6 is 11.3 Å². The van der Waals surface area contributed by atoms with Crippen LogP contribution in [0.25, 0.3) is 0 Å². The molecule has 0 fully saturated rings. The minimum atomic E-state index is -0.0367. The zero-order chi connectivity index (χ0) is 18.8. The fraction of sp³-hybridized carbons (Fsp3) is 0.400. The van der Waals surface area contributed by atoms with Crippen LogP contribution in [-0.2, 0) is 17.6 Å². The number of hydrogen-bond donors (Lipinski definition) is 3. The average molecular weight is 373 g/mol. The first-order valence-corrected chi connectivity index (χ1v) is 9.71. The van der Waals surface area contributed by atoms with E-state index in [2.05, 4.69) is 59.1 Å². The summed E-state index contributed by atoms with van der Waals surface area (Å²) in [6.45, 7) is 5.06. The lowest BCUT2D eigenvalue weighted by Gasteiger charge is -2.17. The summed E-state index contributed by atoms with van der Waals surface area (Å²) in [5, 5.41) is 9.32. The summed E-state index contributed by atoms with van der Waals surface area (Å²) in [4.78, 5) is 18.8. The topological polar surface area (TPSA) is 65.5 Å². The largest absolute Gasteiger partial charge is 0.354 e. The van der Waals surface area contributed by atoms with Gasteiger partial charge in [0.05, 0.1) is 6.54 Å². The smallest absolute Gasteiger partial charge is 0.239 e. The van der Waals surface area contributed by atoms with Crippen molar-refractivity contribution >= 4 is 23.2 Å². The summed E-state index contributed by atoms with van der Waals surface area (Å²) in [7, 11) is 1.71. The molecular weight excluding hydrogens is 344 g/mol. The van der Waals surface area contributed by atoms with Gasteiger partial charge in [0.25, 0.3) is 0 Å². The van der Waals surface area contributed by atoms with Crippen LogP contribution in [0.1, 0.15) is 22.2 Å². The molecule has 0 saturated heterocycles. The van der Waals surface area contributed by atoms with Crippen molar-refractivity contribution in [2.75, 3.05) is 20.1 Å². The fourth-order valence-electron chi connectivity index (χ4n) is 2.59. The average Bonchev–Trinajstić information content (AvgIpc) is 3.04. The zero-order valence-corrected chi connectivity index (χ0v) is 16.5. The molecule has 0 saturated carbocycles. The summed E-state index contributed by atoms with van der Waals surface area (Å²) >= 11 is 1.81. The first-order valence-electron chi connectivity index (χ1n) is 8.90. The molecule has 1 unspecified atom stereocenters. The Balaban J connectivity index is 1.66. The molecule has 2 rings (SSSR count). The van der Waals surface area contributed by atoms with Crippen molar-refractivity contribution in [3.8, 4) is 0 Å². The third-order valence-corrected chi connectivity index (χ3v) is 4.93. The van der Waals surface area contributed by atoms with Gasteiger partial charge in [0.2, 0.25) is 5.91 Å². The van der Waals surface area contributed by atoms with Crippen molar-refractivity contribution in [2.24, 2.45) is 4.99 Å². The van der Waals surface area contributed by atoms with Crippen molar-refractivity contribution in [1.82, 2.24) is 16.0 Å². The van der Waals surface area contributed by atoms with Gasteiger partial charge in [0.15, 0.2) is 5.96 Å². The minimum Gasteiger partial charge on any atom is -0.354 e. The molecule has 6 heteroatoms. The van der Waals surface area contributed by atoms with Crippen molar-refractivity contribution in [2.45, 2.75) is 32.7 Å². The number of amides is 1. The van der Waals surface area contributed by atoms with Gasteiger partial charge < -0.3 is 16.0 Å². The summed E-state index contributed by atoms with van der Waals surface area (Å²) in [5.41, 5.74) is 1.22. The lowest BCUT2D eigenvalue weighted by atomic mass is 10.1. The van der Waals surface area contributed by atoms with Gasteiger partial charge >= 0.3 is 0 Å². The number of aryl methyl sites for hydroxylation is 1. The van der Waals surface area contributed by atoms with Gasteiger partial charge in [-0.25, -0.2) is 0 Å². The van der Waals surface area contributed by atoms with Gasteiger partial charge in [0, 0.05) is 35.8 Å². The van der Waals surface area contributed by atoms with Gasteiger partial charge in [-0.1, -0.05) is 30.3 Å². The Labute approximate surface area is 159 Å². The Morgan fingerprint density at radius 3 is 2.58 bits per heavy atom. The molecule has 1 amide bonds. The van der Waals surface area contributed by atoms with E-state index in [9.17, 15) is 4.79 Å². The number of aliphatic imine (C=N–C) groups is 1. The molecule has 0 aliphatic rings. The first-order chi connectivity index (χ1) is 12.6. The lowest BCUT2D eigenvalue weighted by molar-refractivity contribution is -0.119. The molecule has 1 heterocycles. The summed E-state index contributed by atoms with van der Waals surface area (Å²) < 4.78 is 0. The number of carbonyl (C=O) groups is 1. The first kappa shape index (κ1) is 20.0. The van der Waals surface area contributed by atoms with Gasteiger partial charge in [-0.05, 0) is 38.0 Å². The van der Waals surface area contributed by atoms with E-state index in [4.69, 9.17) is 0 Å². The van der Waals surface area contributed by atoms with Crippen molar-refractivity contribution in [3.63, 3.8) is 0 Å². The lowest BCUT2D eigenvalue weighted by Crippen LogP contribution is -2.46. The number of rotatable bonds is 8.